The van der Waals surface area contributed by atoms with Crippen LogP contribution in [0, 0.1) is 0 Å². The van der Waals surface area contributed by atoms with Gasteiger partial charge in [0.15, 0.2) is 0 Å². The van der Waals surface area contributed by atoms with Gasteiger partial charge in [-0.2, -0.15) is 0 Å². The maximum Gasteiger partial charge on any atom is 0.335 e. The van der Waals surface area contributed by atoms with Crippen molar-refractivity contribution in [2.75, 3.05) is 0 Å². The maximum atomic E-state index is 11.7. The van der Waals surface area contributed by atoms with Gasteiger partial charge in [0.25, 0.3) is 5.91 Å². The summed E-state index contributed by atoms with van der Waals surface area (Å²) in [7, 11) is 0. The molecule has 0 radical (unpaired) electrons. The Labute approximate surface area is 129 Å². The molecule has 3 rings (SSSR count). The number of hydrogen-bond donors (Lipinski definition) is 2. The van der Waals surface area contributed by atoms with E-state index in [-0.39, 0.29) is 11.5 Å². The highest BCUT2D eigenvalue weighted by Crippen LogP contribution is 2.23. The molecule has 1 heterocycles. The van der Waals surface area contributed by atoms with Gasteiger partial charge in [-0.1, -0.05) is 44.2 Å². The van der Waals surface area contributed by atoms with E-state index in [1.54, 1.807) is 12.1 Å². The molecule has 114 valence electrons. The quantitative estimate of drug-likeness (QED) is 0.914. The lowest BCUT2D eigenvalue weighted by Crippen LogP contribution is -2.12. The molecular weight excluding hydrogens is 278 g/mol. The first-order valence-corrected chi connectivity index (χ1v) is 7.36. The van der Waals surface area contributed by atoms with Gasteiger partial charge in [0.1, 0.15) is 0 Å². The molecule has 0 spiro atoms. The third-order valence-electron chi connectivity index (χ3n) is 3.48. The Kier molecular flexibility index (Phi) is 4.94. The van der Waals surface area contributed by atoms with E-state index in [9.17, 15) is 14.7 Å². The van der Waals surface area contributed by atoms with Crippen LogP contribution >= 0.6 is 0 Å². The minimum Gasteiger partial charge on any atom is -0.478 e. The fourth-order valence-electron chi connectivity index (χ4n) is 2.48. The zero-order chi connectivity index (χ0) is 16.1. The number of carboxylic acids is 1. The highest BCUT2D eigenvalue weighted by atomic mass is 16.4. The number of amides is 1. The number of nitrogens with one attached hydrogen (secondary N) is 1. The van der Waals surface area contributed by atoms with Crippen LogP contribution in [0.1, 0.15) is 51.3 Å². The molecule has 1 aliphatic heterocycles. The van der Waals surface area contributed by atoms with Crippen LogP contribution in [0.4, 0.5) is 0 Å². The van der Waals surface area contributed by atoms with E-state index in [0.29, 0.717) is 24.1 Å². The Morgan fingerprint density at radius 2 is 1.86 bits per heavy atom. The van der Waals surface area contributed by atoms with Gasteiger partial charge in [0.2, 0.25) is 0 Å². The first kappa shape index (κ1) is 15.8. The summed E-state index contributed by atoms with van der Waals surface area (Å²) in [5, 5.41) is 12.0. The SMILES string of the molecule is CC.O=C(O)c1cc2c(cc1Cc1ccccc1)C(=O)NC2. The molecule has 0 unspecified atom stereocenters. The summed E-state index contributed by atoms with van der Waals surface area (Å²) < 4.78 is 0. The van der Waals surface area contributed by atoms with Crippen LogP contribution in [0.2, 0.25) is 0 Å². The van der Waals surface area contributed by atoms with E-state index >= 15 is 0 Å². The summed E-state index contributed by atoms with van der Waals surface area (Å²) in [5.41, 5.74) is 3.29. The lowest BCUT2D eigenvalue weighted by atomic mass is 9.95. The molecular formula is C18H19NO3. The highest BCUT2D eigenvalue weighted by molar-refractivity contribution is 6.00. The fraction of sp³-hybridized carbons (Fsp3) is 0.222. The Hall–Kier alpha value is -2.62. The number of carbonyl (C=O) groups excluding carboxylic acids is 1. The average molecular weight is 297 g/mol. The van der Waals surface area contributed by atoms with Crippen LogP contribution in [0.15, 0.2) is 42.5 Å². The van der Waals surface area contributed by atoms with Gasteiger partial charge in [-0.15, -0.1) is 0 Å². The van der Waals surface area contributed by atoms with Gasteiger partial charge in [-0.3, -0.25) is 4.79 Å². The van der Waals surface area contributed by atoms with Crippen LogP contribution in [-0.4, -0.2) is 17.0 Å². The molecule has 0 saturated carbocycles. The molecule has 4 nitrogen and oxygen atoms in total. The standard InChI is InChI=1S/C16H13NO3.C2H6/c18-15-13-7-11(6-10-4-2-1-3-5-10)14(16(19)20)8-12(13)9-17-15;1-2/h1-5,7-8H,6,9H2,(H,17,18)(H,19,20);1-2H3. The zero-order valence-electron chi connectivity index (χ0n) is 12.7. The number of hydrogen-bond acceptors (Lipinski definition) is 2. The second-order valence-electron chi connectivity index (χ2n) is 4.82. The van der Waals surface area contributed by atoms with Crippen molar-refractivity contribution in [3.05, 3.63) is 70.3 Å². The summed E-state index contributed by atoms with van der Waals surface area (Å²) in [5.74, 6) is -1.09. The van der Waals surface area contributed by atoms with Crippen LogP contribution in [-0.2, 0) is 13.0 Å². The molecule has 0 saturated heterocycles. The van der Waals surface area contributed by atoms with Crippen molar-refractivity contribution in [1.82, 2.24) is 5.32 Å². The van der Waals surface area contributed by atoms with E-state index in [1.807, 2.05) is 44.2 Å². The number of fused-ring (bicyclic) bond motifs is 1. The van der Waals surface area contributed by atoms with E-state index in [0.717, 1.165) is 11.1 Å². The minimum absolute atomic E-state index is 0.133. The lowest BCUT2D eigenvalue weighted by Gasteiger charge is -2.09. The molecule has 0 aliphatic carbocycles. The smallest absolute Gasteiger partial charge is 0.335 e. The Balaban J connectivity index is 0.000000847. The second kappa shape index (κ2) is 6.89. The average Bonchev–Trinajstić information content (AvgIpc) is 2.90. The lowest BCUT2D eigenvalue weighted by molar-refractivity contribution is 0.0695. The number of benzene rings is 2. The van der Waals surface area contributed by atoms with Crippen molar-refractivity contribution in [1.29, 1.82) is 0 Å². The summed E-state index contributed by atoms with van der Waals surface area (Å²) in [6.45, 7) is 4.40. The van der Waals surface area contributed by atoms with Crippen LogP contribution < -0.4 is 5.32 Å². The van der Waals surface area contributed by atoms with Gasteiger partial charge >= 0.3 is 5.97 Å². The number of carboxylic acid groups (broad SMARTS) is 1. The van der Waals surface area contributed by atoms with Crippen molar-refractivity contribution in [3.8, 4) is 0 Å². The molecule has 2 aromatic rings. The highest BCUT2D eigenvalue weighted by Gasteiger charge is 2.23. The van der Waals surface area contributed by atoms with Crippen molar-refractivity contribution in [2.24, 2.45) is 0 Å². The molecule has 0 fully saturated rings. The molecule has 1 amide bonds. The van der Waals surface area contributed by atoms with Crippen molar-refractivity contribution >= 4 is 11.9 Å². The van der Waals surface area contributed by atoms with E-state index in [4.69, 9.17) is 0 Å². The van der Waals surface area contributed by atoms with Gasteiger partial charge in [-0.05, 0) is 35.2 Å². The third kappa shape index (κ3) is 3.17. The number of aromatic carboxylic acids is 1. The normalized spacial score (nSPS) is 12.0. The summed E-state index contributed by atoms with van der Waals surface area (Å²) in [6.07, 6.45) is 0.503. The van der Waals surface area contributed by atoms with Gasteiger partial charge in [0.05, 0.1) is 5.56 Å². The first-order valence-electron chi connectivity index (χ1n) is 7.36. The maximum absolute atomic E-state index is 11.7. The Morgan fingerprint density at radius 1 is 1.18 bits per heavy atom. The third-order valence-corrected chi connectivity index (χ3v) is 3.48. The van der Waals surface area contributed by atoms with Gasteiger partial charge < -0.3 is 10.4 Å². The fourth-order valence-corrected chi connectivity index (χ4v) is 2.48. The largest absolute Gasteiger partial charge is 0.478 e. The summed E-state index contributed by atoms with van der Waals surface area (Å²) >= 11 is 0. The van der Waals surface area contributed by atoms with Gasteiger partial charge in [-0.25, -0.2) is 4.79 Å². The minimum atomic E-state index is -0.960. The second-order valence-corrected chi connectivity index (χ2v) is 4.82. The van der Waals surface area contributed by atoms with E-state index < -0.39 is 5.97 Å². The topological polar surface area (TPSA) is 66.4 Å². The molecule has 4 heteroatoms. The van der Waals surface area contributed by atoms with Crippen LogP contribution in [0.5, 0.6) is 0 Å². The van der Waals surface area contributed by atoms with Gasteiger partial charge in [0, 0.05) is 12.1 Å². The molecule has 22 heavy (non-hydrogen) atoms. The predicted octanol–water partition coefficient (Wildman–Crippen LogP) is 3.25. The monoisotopic (exact) mass is 297 g/mol. The zero-order valence-corrected chi connectivity index (χ0v) is 12.7. The summed E-state index contributed by atoms with van der Waals surface area (Å²) in [6, 6.07) is 12.9. The molecule has 0 atom stereocenters. The Bertz CT molecular complexity index is 693. The number of carbonyl (C=O) groups is 2. The molecule has 1 aliphatic rings. The van der Waals surface area contributed by atoms with Crippen LogP contribution in [0.25, 0.3) is 0 Å². The molecule has 0 aromatic heterocycles. The molecule has 2 N–H and O–H groups in total. The molecule has 2 aromatic carbocycles. The Morgan fingerprint density at radius 3 is 2.50 bits per heavy atom. The van der Waals surface area contributed by atoms with E-state index in [1.165, 1.54) is 0 Å². The molecule has 0 bridgehead atoms. The van der Waals surface area contributed by atoms with Crippen molar-refractivity contribution in [2.45, 2.75) is 26.8 Å². The van der Waals surface area contributed by atoms with Crippen molar-refractivity contribution < 1.29 is 14.7 Å². The summed E-state index contributed by atoms with van der Waals surface area (Å²) in [4.78, 5) is 23.1. The number of rotatable bonds is 3. The predicted molar refractivity (Wildman–Crippen MR) is 85.2 cm³/mol. The first-order chi connectivity index (χ1) is 10.6. The van der Waals surface area contributed by atoms with Crippen molar-refractivity contribution in [3.63, 3.8) is 0 Å². The van der Waals surface area contributed by atoms with Crippen LogP contribution in [0.3, 0.4) is 0 Å². The van der Waals surface area contributed by atoms with E-state index in [2.05, 4.69) is 5.32 Å².